The topological polar surface area (TPSA) is 18.5 Å². The van der Waals surface area contributed by atoms with Crippen LogP contribution in [0.3, 0.4) is 0 Å². The van der Waals surface area contributed by atoms with Crippen LogP contribution in [0.5, 0.6) is 5.75 Å². The van der Waals surface area contributed by atoms with Gasteiger partial charge in [0.15, 0.2) is 5.75 Å². The summed E-state index contributed by atoms with van der Waals surface area (Å²) in [4.78, 5) is 8.15. The number of halogens is 2. The molecule has 12 heavy (non-hydrogen) atoms. The quantitative estimate of drug-likeness (QED) is 0.557. The van der Waals surface area contributed by atoms with Crippen LogP contribution in [0.2, 0.25) is 0 Å². The Morgan fingerprint density at radius 3 is 2.75 bits per heavy atom. The zero-order valence-electron chi connectivity index (χ0n) is 6.01. The molecule has 0 saturated heterocycles. The number of hydrogen-bond donors (Lipinski definition) is 0. The Morgan fingerprint density at radius 2 is 2.08 bits per heavy atom. The normalized spacial score (nSPS) is 18.6. The van der Waals surface area contributed by atoms with Gasteiger partial charge in [0.25, 0.3) is 0 Å². The predicted octanol–water partition coefficient (Wildman–Crippen LogP) is 2.24. The van der Waals surface area contributed by atoms with Crippen LogP contribution in [-0.4, -0.2) is 0 Å². The predicted molar refractivity (Wildman–Crippen MR) is 36.5 cm³/mol. The van der Waals surface area contributed by atoms with Gasteiger partial charge in [-0.25, -0.2) is 0 Å². The van der Waals surface area contributed by atoms with Crippen molar-refractivity contribution in [3.63, 3.8) is 0 Å². The third-order valence-electron chi connectivity index (χ3n) is 1.64. The van der Waals surface area contributed by atoms with E-state index in [2.05, 4.69) is 16.7 Å². The number of hydrogen-bond acceptors (Lipinski definition) is 2. The van der Waals surface area contributed by atoms with Crippen LogP contribution in [0.1, 0.15) is 11.1 Å². The maximum atomic E-state index is 12.7. The van der Waals surface area contributed by atoms with Gasteiger partial charge >= 0.3 is 6.11 Å². The highest BCUT2D eigenvalue weighted by Crippen LogP contribution is 2.43. The zero-order chi connectivity index (χ0) is 8.77. The maximum absolute atomic E-state index is 12.7. The van der Waals surface area contributed by atoms with Crippen LogP contribution in [-0.2, 0) is 11.0 Å². The molecule has 2 nitrogen and oxygen atoms in total. The first-order valence-electron chi connectivity index (χ1n) is 3.30. The van der Waals surface area contributed by atoms with Gasteiger partial charge in [-0.3, -0.25) is 0 Å². The molecule has 0 N–H and O–H groups in total. The third-order valence-corrected chi connectivity index (χ3v) is 1.64. The van der Waals surface area contributed by atoms with Crippen LogP contribution in [0.15, 0.2) is 18.2 Å². The molecule has 1 aliphatic heterocycles. The first-order valence-corrected chi connectivity index (χ1v) is 3.30. The summed E-state index contributed by atoms with van der Waals surface area (Å²) in [5.74, 6) is 0.0162. The highest BCUT2D eigenvalue weighted by Gasteiger charge is 2.44. The van der Waals surface area contributed by atoms with Crippen molar-refractivity contribution in [2.75, 3.05) is 0 Å². The molecule has 1 heterocycles. The summed E-state index contributed by atoms with van der Waals surface area (Å²) >= 11 is 0. The molecule has 0 aliphatic carbocycles. The van der Waals surface area contributed by atoms with Crippen molar-refractivity contribution >= 4 is 0 Å². The number of alkyl halides is 2. The fraction of sp³-hybridized carbons (Fsp3) is 0.125. The lowest BCUT2D eigenvalue weighted by Crippen LogP contribution is -2.11. The zero-order valence-corrected chi connectivity index (χ0v) is 6.01. The molecule has 4 heteroatoms. The molecule has 0 fully saturated rings. The van der Waals surface area contributed by atoms with Crippen molar-refractivity contribution in [2.24, 2.45) is 0 Å². The number of fused-ring (bicyclic) bond motifs is 1. The van der Waals surface area contributed by atoms with Gasteiger partial charge < -0.3 is 4.89 Å². The molecule has 1 aliphatic rings. The molecule has 0 spiro atoms. The Hall–Kier alpha value is -1.16. The van der Waals surface area contributed by atoms with Gasteiger partial charge in [0.2, 0.25) is 0 Å². The summed E-state index contributed by atoms with van der Waals surface area (Å²) in [6.45, 7) is 3.52. The summed E-state index contributed by atoms with van der Waals surface area (Å²) in [6.07, 6.45) is -3.34. The Labute approximate surface area is 67.6 Å². The highest BCUT2D eigenvalue weighted by molar-refractivity contribution is 5.45. The van der Waals surface area contributed by atoms with E-state index in [0.29, 0.717) is 5.56 Å². The highest BCUT2D eigenvalue weighted by atomic mass is 19.3. The fourth-order valence-corrected chi connectivity index (χ4v) is 1.05. The molecule has 63 valence electrons. The molecule has 0 bridgehead atoms. The molecule has 0 amide bonds. The van der Waals surface area contributed by atoms with Crippen molar-refractivity contribution in [1.29, 1.82) is 0 Å². The summed E-state index contributed by atoms with van der Waals surface area (Å²) in [5, 5.41) is 0. The molecule has 1 radical (unpaired) electrons. The standard InChI is InChI=1S/C8H5F2O2/c1-5-3-2-4-6-7(5)11-12-8(6,9)10/h2-4H,1H2. The summed E-state index contributed by atoms with van der Waals surface area (Å²) < 4.78 is 25.5. The Morgan fingerprint density at radius 1 is 1.33 bits per heavy atom. The average Bonchev–Trinajstić information content (AvgIpc) is 2.30. The second-order valence-electron chi connectivity index (χ2n) is 2.48. The van der Waals surface area contributed by atoms with Crippen LogP contribution in [0.4, 0.5) is 8.78 Å². The van der Waals surface area contributed by atoms with Gasteiger partial charge in [-0.1, -0.05) is 12.1 Å². The molecule has 0 aromatic heterocycles. The number of para-hydroxylation sites is 1. The van der Waals surface area contributed by atoms with E-state index in [-0.39, 0.29) is 11.3 Å². The van der Waals surface area contributed by atoms with Gasteiger partial charge in [-0.15, -0.1) is 4.89 Å². The lowest BCUT2D eigenvalue weighted by Gasteiger charge is -2.02. The fourth-order valence-electron chi connectivity index (χ4n) is 1.05. The van der Waals surface area contributed by atoms with Gasteiger partial charge in [0.05, 0.1) is 0 Å². The van der Waals surface area contributed by atoms with Gasteiger partial charge in [0.1, 0.15) is 5.56 Å². The first kappa shape index (κ1) is 7.49. The van der Waals surface area contributed by atoms with E-state index in [1.54, 1.807) is 6.07 Å². The van der Waals surface area contributed by atoms with Crippen LogP contribution >= 0.6 is 0 Å². The molecule has 0 saturated carbocycles. The largest absolute Gasteiger partial charge is 0.421 e. The summed E-state index contributed by atoms with van der Waals surface area (Å²) in [7, 11) is 0. The molecular weight excluding hydrogens is 166 g/mol. The Bertz CT molecular complexity index is 323. The smallest absolute Gasteiger partial charge is 0.330 e. The first-order chi connectivity index (χ1) is 5.61. The van der Waals surface area contributed by atoms with E-state index in [1.807, 2.05) is 0 Å². The summed E-state index contributed by atoms with van der Waals surface area (Å²) in [5.41, 5.74) is 0.125. The lowest BCUT2D eigenvalue weighted by molar-refractivity contribution is -0.376. The summed E-state index contributed by atoms with van der Waals surface area (Å²) in [6, 6.07) is 4.30. The average molecular weight is 171 g/mol. The Kier molecular flexibility index (Phi) is 1.35. The minimum absolute atomic E-state index is 0.0162. The van der Waals surface area contributed by atoms with E-state index < -0.39 is 6.11 Å². The van der Waals surface area contributed by atoms with E-state index in [1.165, 1.54) is 12.1 Å². The molecular formula is C8H5F2O2. The van der Waals surface area contributed by atoms with Crippen molar-refractivity contribution in [2.45, 2.75) is 6.11 Å². The second kappa shape index (κ2) is 2.17. The van der Waals surface area contributed by atoms with Crippen molar-refractivity contribution in [3.8, 4) is 5.75 Å². The minimum Gasteiger partial charge on any atom is -0.330 e. The van der Waals surface area contributed by atoms with Crippen LogP contribution < -0.4 is 4.89 Å². The SMILES string of the molecule is [CH2]c1cccc2c1OOC2(F)F. The van der Waals surface area contributed by atoms with Crippen molar-refractivity contribution in [1.82, 2.24) is 0 Å². The van der Waals surface area contributed by atoms with Crippen LogP contribution in [0, 0.1) is 6.92 Å². The van der Waals surface area contributed by atoms with Gasteiger partial charge in [-0.2, -0.15) is 8.78 Å². The van der Waals surface area contributed by atoms with Gasteiger partial charge in [-0.05, 0) is 18.6 Å². The maximum Gasteiger partial charge on any atom is 0.421 e. The van der Waals surface area contributed by atoms with E-state index in [4.69, 9.17) is 0 Å². The van der Waals surface area contributed by atoms with E-state index in [9.17, 15) is 8.78 Å². The van der Waals surface area contributed by atoms with Crippen molar-refractivity contribution < 1.29 is 18.6 Å². The Balaban J connectivity index is 2.61. The third kappa shape index (κ3) is 0.881. The monoisotopic (exact) mass is 171 g/mol. The molecule has 1 aromatic rings. The number of benzene rings is 1. The lowest BCUT2D eigenvalue weighted by atomic mass is 10.1. The minimum atomic E-state index is -3.34. The van der Waals surface area contributed by atoms with Crippen LogP contribution in [0.25, 0.3) is 0 Å². The number of rotatable bonds is 0. The van der Waals surface area contributed by atoms with Crippen molar-refractivity contribution in [3.05, 3.63) is 36.2 Å². The molecule has 0 atom stereocenters. The second-order valence-corrected chi connectivity index (χ2v) is 2.48. The van der Waals surface area contributed by atoms with Gasteiger partial charge in [0, 0.05) is 0 Å². The molecule has 1 aromatic carbocycles. The molecule has 0 unspecified atom stereocenters. The van der Waals surface area contributed by atoms with E-state index in [0.717, 1.165) is 0 Å². The van der Waals surface area contributed by atoms with E-state index >= 15 is 0 Å². The molecule has 2 rings (SSSR count).